The van der Waals surface area contributed by atoms with Gasteiger partial charge in [-0.2, -0.15) is 0 Å². The Bertz CT molecular complexity index is 766. The Balaban J connectivity index is 1.84. The highest BCUT2D eigenvalue weighted by molar-refractivity contribution is 7.12. The molecule has 146 valence electrons. The minimum absolute atomic E-state index is 0.143. The van der Waals surface area contributed by atoms with Crippen LogP contribution in [0.15, 0.2) is 30.3 Å². The van der Waals surface area contributed by atoms with Crippen LogP contribution in [0.4, 0.5) is 0 Å². The van der Waals surface area contributed by atoms with E-state index >= 15 is 0 Å². The van der Waals surface area contributed by atoms with Crippen molar-refractivity contribution in [1.82, 2.24) is 10.2 Å². The molecule has 1 aromatic heterocycles. The third kappa shape index (κ3) is 4.61. The summed E-state index contributed by atoms with van der Waals surface area (Å²) in [4.78, 5) is 17.8. The highest BCUT2D eigenvalue weighted by Gasteiger charge is 2.33. The van der Waals surface area contributed by atoms with Crippen molar-refractivity contribution in [3.63, 3.8) is 0 Å². The van der Waals surface area contributed by atoms with Gasteiger partial charge in [0.05, 0.1) is 12.6 Å². The van der Waals surface area contributed by atoms with Crippen molar-refractivity contribution in [3.8, 4) is 0 Å². The van der Waals surface area contributed by atoms with E-state index < -0.39 is 0 Å². The Kier molecular flexibility index (Phi) is 6.72. The monoisotopic (exact) mass is 384 g/mol. The van der Waals surface area contributed by atoms with E-state index in [0.29, 0.717) is 12.5 Å². The summed E-state index contributed by atoms with van der Waals surface area (Å²) in [7, 11) is 0. The Morgan fingerprint density at radius 3 is 2.70 bits per heavy atom. The van der Waals surface area contributed by atoms with Crippen LogP contribution < -0.4 is 5.32 Å². The average molecular weight is 385 g/mol. The van der Waals surface area contributed by atoms with Gasteiger partial charge in [-0.1, -0.05) is 51.1 Å². The van der Waals surface area contributed by atoms with Crippen LogP contribution in [0, 0.1) is 12.8 Å². The van der Waals surface area contributed by atoms with Crippen LogP contribution in [-0.2, 0) is 17.6 Å². The number of carbonyl (C=O) groups excluding carboxylic acids is 1. The van der Waals surface area contributed by atoms with Gasteiger partial charge in [-0.25, -0.2) is 0 Å². The second kappa shape index (κ2) is 9.03. The number of benzene rings is 1. The summed E-state index contributed by atoms with van der Waals surface area (Å²) >= 11 is 1.92. The molecule has 0 fully saturated rings. The van der Waals surface area contributed by atoms with Gasteiger partial charge >= 0.3 is 0 Å². The molecule has 0 spiro atoms. The predicted molar refractivity (Wildman–Crippen MR) is 114 cm³/mol. The maximum absolute atomic E-state index is 12.6. The largest absolute Gasteiger partial charge is 0.355 e. The van der Waals surface area contributed by atoms with Crippen LogP contribution in [0.3, 0.4) is 0 Å². The van der Waals surface area contributed by atoms with Crippen molar-refractivity contribution >= 4 is 17.2 Å². The van der Waals surface area contributed by atoms with Crippen molar-refractivity contribution in [2.45, 2.75) is 53.0 Å². The lowest BCUT2D eigenvalue weighted by Gasteiger charge is -2.36. The van der Waals surface area contributed by atoms with Crippen molar-refractivity contribution in [1.29, 1.82) is 0 Å². The van der Waals surface area contributed by atoms with Crippen molar-refractivity contribution in [2.75, 3.05) is 19.6 Å². The normalized spacial score (nSPS) is 17.1. The summed E-state index contributed by atoms with van der Waals surface area (Å²) < 4.78 is 0. The highest BCUT2D eigenvalue weighted by Crippen LogP contribution is 2.42. The Labute approximate surface area is 167 Å². The van der Waals surface area contributed by atoms with Crippen LogP contribution in [-0.4, -0.2) is 30.4 Å². The minimum Gasteiger partial charge on any atom is -0.355 e. The maximum Gasteiger partial charge on any atom is 0.234 e. The topological polar surface area (TPSA) is 32.3 Å². The smallest absolute Gasteiger partial charge is 0.234 e. The first-order chi connectivity index (χ1) is 13.0. The van der Waals surface area contributed by atoms with Gasteiger partial charge in [0.2, 0.25) is 5.91 Å². The van der Waals surface area contributed by atoms with Crippen LogP contribution in [0.25, 0.3) is 0 Å². The molecule has 0 saturated carbocycles. The molecular formula is C23H32N2OS. The van der Waals surface area contributed by atoms with E-state index in [4.69, 9.17) is 0 Å². The number of thiophene rings is 1. The molecule has 0 radical (unpaired) electrons. The van der Waals surface area contributed by atoms with Crippen molar-refractivity contribution in [2.24, 2.45) is 5.92 Å². The Morgan fingerprint density at radius 1 is 1.30 bits per heavy atom. The fourth-order valence-corrected chi connectivity index (χ4v) is 5.53. The first-order valence-corrected chi connectivity index (χ1v) is 11.0. The molecule has 1 atom stereocenters. The van der Waals surface area contributed by atoms with E-state index in [0.717, 1.165) is 32.4 Å². The van der Waals surface area contributed by atoms with E-state index in [1.807, 2.05) is 11.3 Å². The summed E-state index contributed by atoms with van der Waals surface area (Å²) in [6.07, 6.45) is 3.17. The lowest BCUT2D eigenvalue weighted by molar-refractivity contribution is -0.122. The number of rotatable bonds is 7. The molecule has 0 unspecified atom stereocenters. The van der Waals surface area contributed by atoms with Gasteiger partial charge in [0, 0.05) is 22.8 Å². The summed E-state index contributed by atoms with van der Waals surface area (Å²) in [6.45, 7) is 11.0. The van der Waals surface area contributed by atoms with E-state index in [-0.39, 0.29) is 11.9 Å². The number of hydrogen-bond acceptors (Lipinski definition) is 3. The molecular weight excluding hydrogens is 352 g/mol. The first-order valence-electron chi connectivity index (χ1n) is 10.2. The standard InChI is InChI=1S/C23H32N2OS/c1-5-19-17(4)27-23-20(19)12-14-25(15-21(26)24-13-11-16(2)3)22(23)18-9-7-6-8-10-18/h6-10,16,22H,5,11-15H2,1-4H3,(H,24,26)/t22-/m0/s1. The SMILES string of the molecule is CCc1c(C)sc2c1CCN(CC(=O)NCCC(C)C)[C@H]2c1ccccc1. The summed E-state index contributed by atoms with van der Waals surface area (Å²) in [6, 6.07) is 10.9. The third-order valence-electron chi connectivity index (χ3n) is 5.47. The van der Waals surface area contributed by atoms with Crippen molar-refractivity contribution in [3.05, 3.63) is 56.8 Å². The van der Waals surface area contributed by atoms with Gasteiger partial charge in [0.1, 0.15) is 0 Å². The molecule has 2 aromatic rings. The summed E-state index contributed by atoms with van der Waals surface area (Å²) in [5.41, 5.74) is 4.35. The molecule has 4 heteroatoms. The molecule has 1 aliphatic rings. The number of nitrogens with zero attached hydrogens (tertiary/aromatic N) is 1. The molecule has 27 heavy (non-hydrogen) atoms. The molecule has 1 aliphatic heterocycles. The molecule has 0 bridgehead atoms. The van der Waals surface area contributed by atoms with E-state index in [1.54, 1.807) is 0 Å². The number of fused-ring (bicyclic) bond motifs is 1. The van der Waals surface area contributed by atoms with Gasteiger partial charge in [-0.15, -0.1) is 11.3 Å². The number of nitrogens with one attached hydrogen (secondary N) is 1. The fourth-order valence-electron chi connectivity index (χ4n) is 4.07. The predicted octanol–water partition coefficient (Wildman–Crippen LogP) is 4.73. The molecule has 2 heterocycles. The maximum atomic E-state index is 12.6. The number of amides is 1. The molecule has 1 amide bonds. The zero-order chi connectivity index (χ0) is 19.4. The molecule has 3 nitrogen and oxygen atoms in total. The van der Waals surface area contributed by atoms with Gasteiger partial charge in [0.25, 0.3) is 0 Å². The number of carbonyl (C=O) groups is 1. The molecule has 1 aromatic carbocycles. The van der Waals surface area contributed by atoms with Crippen LogP contribution >= 0.6 is 11.3 Å². The van der Waals surface area contributed by atoms with Crippen molar-refractivity contribution < 1.29 is 4.79 Å². The van der Waals surface area contributed by atoms with Gasteiger partial charge in [-0.3, -0.25) is 9.69 Å². The Morgan fingerprint density at radius 2 is 2.04 bits per heavy atom. The van der Waals surface area contributed by atoms with Gasteiger partial charge < -0.3 is 5.32 Å². The van der Waals surface area contributed by atoms with Crippen LogP contribution in [0.2, 0.25) is 0 Å². The second-order valence-electron chi connectivity index (χ2n) is 7.90. The fraction of sp³-hybridized carbons (Fsp3) is 0.522. The van der Waals surface area contributed by atoms with Gasteiger partial charge in [0.15, 0.2) is 0 Å². The zero-order valence-corrected chi connectivity index (χ0v) is 17.9. The number of aryl methyl sites for hydroxylation is 1. The second-order valence-corrected chi connectivity index (χ2v) is 9.16. The third-order valence-corrected chi connectivity index (χ3v) is 6.71. The zero-order valence-electron chi connectivity index (χ0n) is 17.0. The highest BCUT2D eigenvalue weighted by atomic mass is 32.1. The summed E-state index contributed by atoms with van der Waals surface area (Å²) in [5, 5.41) is 3.11. The molecule has 3 rings (SSSR count). The average Bonchev–Trinajstić information content (AvgIpc) is 2.96. The molecule has 0 saturated heterocycles. The van der Waals surface area contributed by atoms with Crippen LogP contribution in [0.5, 0.6) is 0 Å². The van der Waals surface area contributed by atoms with E-state index in [2.05, 4.69) is 68.2 Å². The quantitative estimate of drug-likeness (QED) is 0.748. The summed E-state index contributed by atoms with van der Waals surface area (Å²) in [5.74, 6) is 0.755. The van der Waals surface area contributed by atoms with E-state index in [9.17, 15) is 4.79 Å². The van der Waals surface area contributed by atoms with Gasteiger partial charge in [-0.05, 0) is 48.8 Å². The first kappa shape index (κ1) is 20.1. The van der Waals surface area contributed by atoms with E-state index in [1.165, 1.54) is 26.4 Å². The lowest BCUT2D eigenvalue weighted by Crippen LogP contribution is -2.43. The Hall–Kier alpha value is -1.65. The minimum atomic E-state index is 0.143. The lowest BCUT2D eigenvalue weighted by atomic mass is 9.91. The van der Waals surface area contributed by atoms with Crippen LogP contribution in [0.1, 0.15) is 59.7 Å². The number of hydrogen-bond donors (Lipinski definition) is 1. The molecule has 0 aliphatic carbocycles. The molecule has 1 N–H and O–H groups in total.